The third-order valence-electron chi connectivity index (χ3n) is 6.17. The van der Waals surface area contributed by atoms with Crippen molar-refractivity contribution in [2.24, 2.45) is 7.05 Å². The summed E-state index contributed by atoms with van der Waals surface area (Å²) in [6.45, 7) is 5.13. The van der Waals surface area contributed by atoms with Crippen LogP contribution in [0.2, 0.25) is 0 Å². The van der Waals surface area contributed by atoms with E-state index in [1.165, 1.54) is 31.4 Å². The normalized spacial score (nSPS) is 17.5. The zero-order chi connectivity index (χ0) is 20.2. The number of para-hydroxylation sites is 1. The summed E-state index contributed by atoms with van der Waals surface area (Å²) in [5.74, 6) is 0.0626. The Morgan fingerprint density at radius 2 is 1.83 bits per heavy atom. The van der Waals surface area contributed by atoms with Crippen molar-refractivity contribution >= 4 is 16.8 Å². The van der Waals surface area contributed by atoms with Crippen LogP contribution in [-0.2, 0) is 31.4 Å². The second-order valence-corrected chi connectivity index (χ2v) is 8.37. The topological polar surface area (TPSA) is 37.3 Å². The second kappa shape index (κ2) is 8.83. The first-order valence-corrected chi connectivity index (χ1v) is 10.7. The maximum absolute atomic E-state index is 12.5. The van der Waals surface area contributed by atoms with E-state index in [2.05, 4.69) is 64.3 Å². The Morgan fingerprint density at radius 3 is 2.62 bits per heavy atom. The Hall–Kier alpha value is -2.59. The SMILES string of the molecule is CC1CCCCN1Cc1ccc(CNC(=O)Cc2cn(C)c3ccccc23)cc1. The van der Waals surface area contributed by atoms with Gasteiger partial charge in [0.25, 0.3) is 0 Å². The van der Waals surface area contributed by atoms with Gasteiger partial charge in [-0.05, 0) is 49.1 Å². The lowest BCUT2D eigenvalue weighted by atomic mass is 10.0. The Balaban J connectivity index is 1.31. The van der Waals surface area contributed by atoms with Crippen LogP contribution >= 0.6 is 0 Å². The molecule has 1 aromatic heterocycles. The van der Waals surface area contributed by atoms with E-state index in [9.17, 15) is 4.79 Å². The third kappa shape index (κ3) is 4.70. The van der Waals surface area contributed by atoms with Gasteiger partial charge < -0.3 is 9.88 Å². The molecule has 1 unspecified atom stereocenters. The Morgan fingerprint density at radius 1 is 1.07 bits per heavy atom. The number of hydrogen-bond acceptors (Lipinski definition) is 2. The maximum atomic E-state index is 12.5. The van der Waals surface area contributed by atoms with Crippen molar-refractivity contribution in [3.05, 3.63) is 71.4 Å². The minimum Gasteiger partial charge on any atom is -0.352 e. The number of fused-ring (bicyclic) bond motifs is 1. The monoisotopic (exact) mass is 389 g/mol. The van der Waals surface area contributed by atoms with Gasteiger partial charge in [-0.3, -0.25) is 9.69 Å². The van der Waals surface area contributed by atoms with Gasteiger partial charge >= 0.3 is 0 Å². The number of amides is 1. The molecule has 1 aliphatic heterocycles. The van der Waals surface area contributed by atoms with Crippen molar-refractivity contribution in [1.29, 1.82) is 0 Å². The second-order valence-electron chi connectivity index (χ2n) is 8.37. The van der Waals surface area contributed by atoms with Crippen LogP contribution in [0, 0.1) is 0 Å². The molecule has 4 rings (SSSR count). The van der Waals surface area contributed by atoms with E-state index in [0.717, 1.165) is 28.6 Å². The lowest BCUT2D eigenvalue weighted by Crippen LogP contribution is -2.36. The lowest BCUT2D eigenvalue weighted by Gasteiger charge is -2.33. The smallest absolute Gasteiger partial charge is 0.224 e. The highest BCUT2D eigenvalue weighted by molar-refractivity contribution is 5.89. The molecule has 1 N–H and O–H groups in total. The fourth-order valence-electron chi connectivity index (χ4n) is 4.39. The Bertz CT molecular complexity index is 973. The van der Waals surface area contributed by atoms with E-state index in [0.29, 0.717) is 19.0 Å². The van der Waals surface area contributed by atoms with Crippen LogP contribution in [0.5, 0.6) is 0 Å². The van der Waals surface area contributed by atoms with Crippen molar-refractivity contribution in [1.82, 2.24) is 14.8 Å². The molecule has 1 saturated heterocycles. The molecule has 2 heterocycles. The van der Waals surface area contributed by atoms with Crippen molar-refractivity contribution in [2.45, 2.75) is 51.7 Å². The van der Waals surface area contributed by atoms with Gasteiger partial charge in [0.15, 0.2) is 0 Å². The molecule has 0 saturated carbocycles. The molecular formula is C25H31N3O. The van der Waals surface area contributed by atoms with Gasteiger partial charge in [0, 0.05) is 43.3 Å². The number of nitrogens with one attached hydrogen (secondary N) is 1. The van der Waals surface area contributed by atoms with Crippen LogP contribution in [-0.4, -0.2) is 28.0 Å². The molecule has 0 radical (unpaired) electrons. The van der Waals surface area contributed by atoms with Crippen LogP contribution in [0.1, 0.15) is 42.9 Å². The highest BCUT2D eigenvalue weighted by atomic mass is 16.1. The quantitative estimate of drug-likeness (QED) is 0.678. The van der Waals surface area contributed by atoms with Crippen molar-refractivity contribution in [2.75, 3.05) is 6.54 Å². The van der Waals surface area contributed by atoms with Crippen LogP contribution in [0.3, 0.4) is 0 Å². The molecular weight excluding hydrogens is 358 g/mol. The lowest BCUT2D eigenvalue weighted by molar-refractivity contribution is -0.120. The molecule has 0 aliphatic carbocycles. The average molecular weight is 390 g/mol. The van der Waals surface area contributed by atoms with Crippen molar-refractivity contribution in [3.8, 4) is 0 Å². The van der Waals surface area contributed by atoms with Gasteiger partial charge in [0.05, 0.1) is 6.42 Å². The summed E-state index contributed by atoms with van der Waals surface area (Å²) in [7, 11) is 2.02. The van der Waals surface area contributed by atoms with Gasteiger partial charge in [-0.15, -0.1) is 0 Å². The first-order valence-electron chi connectivity index (χ1n) is 10.7. The summed E-state index contributed by atoms with van der Waals surface area (Å²) in [5, 5.41) is 4.22. The summed E-state index contributed by atoms with van der Waals surface area (Å²) in [6, 6.07) is 17.6. The molecule has 0 bridgehead atoms. The molecule has 29 heavy (non-hydrogen) atoms. The van der Waals surface area contributed by atoms with E-state index in [1.807, 2.05) is 19.2 Å². The molecule has 1 fully saturated rings. The van der Waals surface area contributed by atoms with Crippen molar-refractivity contribution in [3.63, 3.8) is 0 Å². The Labute approximate surface area is 173 Å². The number of hydrogen-bond donors (Lipinski definition) is 1. The molecule has 4 heteroatoms. The predicted octanol–water partition coefficient (Wildman–Crippen LogP) is 4.41. The zero-order valence-corrected chi connectivity index (χ0v) is 17.5. The zero-order valence-electron chi connectivity index (χ0n) is 17.5. The number of aromatic nitrogens is 1. The summed E-state index contributed by atoms with van der Waals surface area (Å²) in [5.41, 5.74) is 4.73. The molecule has 0 spiro atoms. The largest absolute Gasteiger partial charge is 0.352 e. The summed E-state index contributed by atoms with van der Waals surface area (Å²) >= 11 is 0. The fourth-order valence-corrected chi connectivity index (χ4v) is 4.39. The van der Waals surface area contributed by atoms with Gasteiger partial charge in [0.2, 0.25) is 5.91 Å². The maximum Gasteiger partial charge on any atom is 0.224 e. The van der Waals surface area contributed by atoms with Gasteiger partial charge in [-0.25, -0.2) is 0 Å². The van der Waals surface area contributed by atoms with E-state index >= 15 is 0 Å². The van der Waals surface area contributed by atoms with E-state index in [-0.39, 0.29) is 5.91 Å². The molecule has 4 nitrogen and oxygen atoms in total. The van der Waals surface area contributed by atoms with E-state index in [4.69, 9.17) is 0 Å². The number of likely N-dealkylation sites (tertiary alicyclic amines) is 1. The van der Waals surface area contributed by atoms with Crippen molar-refractivity contribution < 1.29 is 4.79 Å². The molecule has 1 amide bonds. The van der Waals surface area contributed by atoms with Gasteiger partial charge in [-0.2, -0.15) is 0 Å². The molecule has 1 aliphatic rings. The van der Waals surface area contributed by atoms with Crippen LogP contribution < -0.4 is 5.32 Å². The van der Waals surface area contributed by atoms with Gasteiger partial charge in [0.1, 0.15) is 0 Å². The number of aryl methyl sites for hydroxylation is 1. The minimum atomic E-state index is 0.0626. The highest BCUT2D eigenvalue weighted by Gasteiger charge is 2.18. The highest BCUT2D eigenvalue weighted by Crippen LogP contribution is 2.21. The van der Waals surface area contributed by atoms with Crippen LogP contribution in [0.25, 0.3) is 10.9 Å². The number of benzene rings is 2. The molecule has 152 valence electrons. The minimum absolute atomic E-state index is 0.0626. The number of carbonyl (C=O) groups is 1. The molecule has 3 aromatic rings. The first-order chi connectivity index (χ1) is 14.1. The van der Waals surface area contributed by atoms with E-state index < -0.39 is 0 Å². The summed E-state index contributed by atoms with van der Waals surface area (Å²) in [4.78, 5) is 15.1. The number of carbonyl (C=O) groups excluding carboxylic acids is 1. The first kappa shape index (κ1) is 19.7. The number of nitrogens with zero attached hydrogens (tertiary/aromatic N) is 2. The number of piperidine rings is 1. The molecule has 2 aromatic carbocycles. The number of rotatable bonds is 6. The summed E-state index contributed by atoms with van der Waals surface area (Å²) in [6.07, 6.45) is 6.44. The Kier molecular flexibility index (Phi) is 6.00. The predicted molar refractivity (Wildman–Crippen MR) is 119 cm³/mol. The van der Waals surface area contributed by atoms with Crippen LogP contribution in [0.15, 0.2) is 54.7 Å². The average Bonchev–Trinajstić information content (AvgIpc) is 3.05. The van der Waals surface area contributed by atoms with E-state index in [1.54, 1.807) is 0 Å². The third-order valence-corrected chi connectivity index (χ3v) is 6.17. The van der Waals surface area contributed by atoms with Gasteiger partial charge in [-0.1, -0.05) is 48.9 Å². The molecule has 1 atom stereocenters. The van der Waals surface area contributed by atoms with Crippen LogP contribution in [0.4, 0.5) is 0 Å². The summed E-state index contributed by atoms with van der Waals surface area (Å²) < 4.78 is 2.08. The standard InChI is InChI=1S/C25H31N3O/c1-19-7-5-6-14-28(19)17-21-12-10-20(11-13-21)16-26-25(29)15-22-18-27(2)24-9-4-3-8-23(22)24/h3-4,8-13,18-19H,5-7,14-17H2,1-2H3,(H,26,29). The fraction of sp³-hybridized carbons (Fsp3) is 0.400.